The molecule has 0 aliphatic heterocycles. The fourth-order valence-corrected chi connectivity index (χ4v) is 2.93. The molecule has 0 radical (unpaired) electrons. The second-order valence-electron chi connectivity index (χ2n) is 4.04. The minimum atomic E-state index is -0.160. The van der Waals surface area contributed by atoms with Gasteiger partial charge in [0.2, 0.25) is 0 Å². The fraction of sp³-hybridized carbons (Fsp3) is 0.154. The summed E-state index contributed by atoms with van der Waals surface area (Å²) in [6.45, 7) is 6.08. The van der Waals surface area contributed by atoms with Gasteiger partial charge in [-0.25, -0.2) is 0 Å². The molecule has 3 N–H and O–H groups in total. The zero-order chi connectivity index (χ0) is 13.3. The van der Waals surface area contributed by atoms with E-state index in [9.17, 15) is 4.79 Å². The highest BCUT2D eigenvalue weighted by Crippen LogP contribution is 2.34. The van der Waals surface area contributed by atoms with E-state index in [2.05, 4.69) is 27.8 Å². The van der Waals surface area contributed by atoms with Crippen LogP contribution in [-0.4, -0.2) is 12.5 Å². The molecule has 0 spiro atoms. The van der Waals surface area contributed by atoms with Crippen LogP contribution in [0.25, 0.3) is 10.1 Å². The molecule has 1 aromatic heterocycles. The van der Waals surface area contributed by atoms with Gasteiger partial charge in [0.15, 0.2) is 0 Å². The second kappa shape index (κ2) is 5.12. The van der Waals surface area contributed by atoms with Crippen molar-refractivity contribution in [3.05, 3.63) is 39.7 Å². The maximum absolute atomic E-state index is 12.0. The van der Waals surface area contributed by atoms with Crippen molar-refractivity contribution >= 4 is 48.9 Å². The summed E-state index contributed by atoms with van der Waals surface area (Å²) in [5.74, 6) is -0.160. The molecule has 2 rings (SSSR count). The van der Waals surface area contributed by atoms with Gasteiger partial charge < -0.3 is 11.1 Å². The molecule has 3 nitrogen and oxygen atoms in total. The van der Waals surface area contributed by atoms with Gasteiger partial charge in [0.05, 0.1) is 5.69 Å². The van der Waals surface area contributed by atoms with E-state index in [1.807, 2.05) is 25.1 Å². The number of hydrogen-bond donors (Lipinski definition) is 2. The highest BCUT2D eigenvalue weighted by molar-refractivity contribution is 9.11. The molecular weight excluding hydrogens is 312 g/mol. The summed E-state index contributed by atoms with van der Waals surface area (Å²) in [7, 11) is 0. The maximum atomic E-state index is 12.0. The zero-order valence-corrected chi connectivity index (χ0v) is 12.3. The molecular formula is C13H13BrN2OS. The summed E-state index contributed by atoms with van der Waals surface area (Å²) >= 11 is 4.62. The number of aryl methyl sites for hydroxylation is 1. The number of amides is 1. The highest BCUT2D eigenvalue weighted by Gasteiger charge is 2.15. The largest absolute Gasteiger partial charge is 0.397 e. The van der Waals surface area contributed by atoms with Crippen LogP contribution in [0.3, 0.4) is 0 Å². The normalized spacial score (nSPS) is 10.6. The topological polar surface area (TPSA) is 55.1 Å². The Morgan fingerprint density at radius 2 is 2.28 bits per heavy atom. The minimum Gasteiger partial charge on any atom is -0.397 e. The fourth-order valence-electron chi connectivity index (χ4n) is 1.65. The zero-order valence-electron chi connectivity index (χ0n) is 9.92. The summed E-state index contributed by atoms with van der Waals surface area (Å²) < 4.78 is 1.77. The SMILES string of the molecule is C=C(Br)CNC(=O)c1sc2cc(C)ccc2c1N. The van der Waals surface area contributed by atoms with Crippen LogP contribution < -0.4 is 11.1 Å². The molecule has 0 saturated carbocycles. The number of thiophene rings is 1. The number of hydrogen-bond acceptors (Lipinski definition) is 3. The van der Waals surface area contributed by atoms with Gasteiger partial charge in [0, 0.05) is 21.1 Å². The average Bonchev–Trinajstić information content (AvgIpc) is 2.63. The first-order valence-corrected chi connectivity index (χ1v) is 7.00. The van der Waals surface area contributed by atoms with E-state index >= 15 is 0 Å². The first-order chi connectivity index (χ1) is 8.49. The van der Waals surface area contributed by atoms with Gasteiger partial charge in [-0.2, -0.15) is 0 Å². The van der Waals surface area contributed by atoms with E-state index in [4.69, 9.17) is 5.73 Å². The predicted molar refractivity (Wildman–Crippen MR) is 81.4 cm³/mol. The monoisotopic (exact) mass is 324 g/mol. The van der Waals surface area contributed by atoms with Crippen LogP contribution >= 0.6 is 27.3 Å². The third-order valence-corrected chi connectivity index (χ3v) is 3.98. The van der Waals surface area contributed by atoms with Crippen molar-refractivity contribution in [2.24, 2.45) is 0 Å². The quantitative estimate of drug-likeness (QED) is 0.908. The van der Waals surface area contributed by atoms with Crippen molar-refractivity contribution in [3.63, 3.8) is 0 Å². The Bertz CT molecular complexity index is 633. The standard InChI is InChI=1S/C13H13BrN2OS/c1-7-3-4-9-10(5-7)18-12(11(9)15)13(17)16-6-8(2)14/h3-5H,2,6,15H2,1H3,(H,16,17). The van der Waals surface area contributed by atoms with Gasteiger partial charge in [0.1, 0.15) is 4.88 Å². The number of nitrogens with two attached hydrogens (primary N) is 1. The number of halogens is 1. The van der Waals surface area contributed by atoms with E-state index in [-0.39, 0.29) is 5.91 Å². The molecule has 1 amide bonds. The number of carbonyl (C=O) groups excluding carboxylic acids is 1. The van der Waals surface area contributed by atoms with E-state index < -0.39 is 0 Å². The smallest absolute Gasteiger partial charge is 0.263 e. The van der Waals surface area contributed by atoms with Crippen LogP contribution in [0.2, 0.25) is 0 Å². The minimum absolute atomic E-state index is 0.160. The van der Waals surface area contributed by atoms with Gasteiger partial charge in [-0.1, -0.05) is 34.6 Å². The third kappa shape index (κ3) is 2.57. The lowest BCUT2D eigenvalue weighted by molar-refractivity contribution is 0.0962. The Morgan fingerprint density at radius 1 is 1.56 bits per heavy atom. The van der Waals surface area contributed by atoms with Crippen LogP contribution in [0.5, 0.6) is 0 Å². The Balaban J connectivity index is 2.36. The Labute approximate surface area is 118 Å². The maximum Gasteiger partial charge on any atom is 0.263 e. The van der Waals surface area contributed by atoms with E-state index in [0.29, 0.717) is 17.1 Å². The Morgan fingerprint density at radius 3 is 2.94 bits per heavy atom. The molecule has 0 bridgehead atoms. The molecule has 0 saturated heterocycles. The summed E-state index contributed by atoms with van der Waals surface area (Å²) in [5.41, 5.74) is 7.72. The number of rotatable bonds is 3. The van der Waals surface area contributed by atoms with Crippen LogP contribution in [0, 0.1) is 6.92 Å². The predicted octanol–water partition coefficient (Wildman–Crippen LogP) is 3.43. The van der Waals surface area contributed by atoms with Gasteiger partial charge >= 0.3 is 0 Å². The molecule has 0 unspecified atom stereocenters. The summed E-state index contributed by atoms with van der Waals surface area (Å²) in [6, 6.07) is 5.99. The van der Waals surface area contributed by atoms with Crippen molar-refractivity contribution in [2.45, 2.75) is 6.92 Å². The van der Waals surface area contributed by atoms with Crippen molar-refractivity contribution < 1.29 is 4.79 Å². The number of carbonyl (C=O) groups is 1. The molecule has 0 aliphatic carbocycles. The number of anilines is 1. The molecule has 0 aliphatic rings. The Kier molecular flexibility index (Phi) is 3.73. The summed E-state index contributed by atoms with van der Waals surface area (Å²) in [6.07, 6.45) is 0. The number of fused-ring (bicyclic) bond motifs is 1. The average molecular weight is 325 g/mol. The molecule has 1 aromatic carbocycles. The molecule has 18 heavy (non-hydrogen) atoms. The van der Waals surface area contributed by atoms with E-state index in [1.165, 1.54) is 11.3 Å². The van der Waals surface area contributed by atoms with Crippen LogP contribution in [0.4, 0.5) is 5.69 Å². The van der Waals surface area contributed by atoms with Crippen LogP contribution in [0.15, 0.2) is 29.3 Å². The van der Waals surface area contributed by atoms with Crippen molar-refractivity contribution in [3.8, 4) is 0 Å². The first kappa shape index (κ1) is 13.1. The van der Waals surface area contributed by atoms with E-state index in [1.54, 1.807) is 0 Å². The van der Waals surface area contributed by atoms with E-state index in [0.717, 1.165) is 20.1 Å². The van der Waals surface area contributed by atoms with Crippen LogP contribution in [0.1, 0.15) is 15.2 Å². The highest BCUT2D eigenvalue weighted by atomic mass is 79.9. The van der Waals surface area contributed by atoms with Crippen LogP contribution in [-0.2, 0) is 0 Å². The number of nitrogens with one attached hydrogen (secondary N) is 1. The summed E-state index contributed by atoms with van der Waals surface area (Å²) in [4.78, 5) is 12.5. The molecule has 5 heteroatoms. The molecule has 1 heterocycles. The lowest BCUT2D eigenvalue weighted by Gasteiger charge is -2.02. The third-order valence-electron chi connectivity index (χ3n) is 2.53. The van der Waals surface area contributed by atoms with Crippen molar-refractivity contribution in [2.75, 3.05) is 12.3 Å². The lowest BCUT2D eigenvalue weighted by Crippen LogP contribution is -2.24. The molecule has 2 aromatic rings. The molecule has 0 atom stereocenters. The molecule has 94 valence electrons. The number of nitrogen functional groups attached to an aromatic ring is 1. The second-order valence-corrected chi connectivity index (χ2v) is 6.22. The lowest BCUT2D eigenvalue weighted by atomic mass is 10.1. The Hall–Kier alpha value is -1.33. The molecule has 0 fully saturated rings. The van der Waals surface area contributed by atoms with Gasteiger partial charge in [-0.3, -0.25) is 4.79 Å². The van der Waals surface area contributed by atoms with Gasteiger partial charge in [-0.05, 0) is 18.6 Å². The van der Waals surface area contributed by atoms with Crippen molar-refractivity contribution in [1.82, 2.24) is 5.32 Å². The summed E-state index contributed by atoms with van der Waals surface area (Å²) in [5, 5.41) is 3.70. The van der Waals surface area contributed by atoms with Gasteiger partial charge in [-0.15, -0.1) is 11.3 Å². The number of benzene rings is 1. The van der Waals surface area contributed by atoms with Crippen molar-refractivity contribution in [1.29, 1.82) is 0 Å². The van der Waals surface area contributed by atoms with Gasteiger partial charge in [0.25, 0.3) is 5.91 Å². The first-order valence-electron chi connectivity index (χ1n) is 5.39.